The van der Waals surface area contributed by atoms with Gasteiger partial charge < -0.3 is 0 Å². The van der Waals surface area contributed by atoms with Crippen LogP contribution in [-0.2, 0) is 12.8 Å². The number of benzene rings is 1. The third kappa shape index (κ3) is 6.19. The first-order valence-corrected chi connectivity index (χ1v) is 12.1. The molecule has 28 heavy (non-hydrogen) atoms. The van der Waals surface area contributed by atoms with Crippen molar-refractivity contribution in [2.24, 2.45) is 17.8 Å². The van der Waals surface area contributed by atoms with E-state index in [2.05, 4.69) is 26.0 Å². The zero-order valence-corrected chi connectivity index (χ0v) is 18.3. The molecule has 0 N–H and O–H groups in total. The summed E-state index contributed by atoms with van der Waals surface area (Å²) in [6, 6.07) is 5.97. The summed E-state index contributed by atoms with van der Waals surface area (Å²) in [5, 5.41) is 0. The minimum Gasteiger partial charge on any atom is -0.207 e. The molecule has 2 aliphatic carbocycles. The first kappa shape index (κ1) is 21.6. The number of hydrogen-bond donors (Lipinski definition) is 0. The maximum absolute atomic E-state index is 14.3. The van der Waals surface area contributed by atoms with Gasteiger partial charge in [-0.25, -0.2) is 4.39 Å². The van der Waals surface area contributed by atoms with Crippen LogP contribution >= 0.6 is 0 Å². The molecule has 0 nitrogen and oxygen atoms in total. The van der Waals surface area contributed by atoms with E-state index in [1.54, 1.807) is 11.6 Å². The van der Waals surface area contributed by atoms with E-state index in [4.69, 9.17) is 0 Å². The summed E-state index contributed by atoms with van der Waals surface area (Å²) in [6.45, 7) is 4.55. The van der Waals surface area contributed by atoms with Gasteiger partial charge in [-0.05, 0) is 92.7 Å². The Morgan fingerprint density at radius 2 is 1.71 bits per heavy atom. The highest BCUT2D eigenvalue weighted by Gasteiger charge is 2.27. The van der Waals surface area contributed by atoms with Crippen LogP contribution < -0.4 is 0 Å². The highest BCUT2D eigenvalue weighted by atomic mass is 19.1. The van der Waals surface area contributed by atoms with Crippen molar-refractivity contribution < 1.29 is 4.39 Å². The molecule has 0 heterocycles. The van der Waals surface area contributed by atoms with Gasteiger partial charge in [0.05, 0.1) is 0 Å². The molecule has 3 rings (SSSR count). The third-order valence-corrected chi connectivity index (χ3v) is 7.58. The smallest absolute Gasteiger partial charge is 0.126 e. The van der Waals surface area contributed by atoms with Crippen molar-refractivity contribution >= 4 is 0 Å². The van der Waals surface area contributed by atoms with Gasteiger partial charge >= 0.3 is 0 Å². The predicted molar refractivity (Wildman–Crippen MR) is 119 cm³/mol. The maximum Gasteiger partial charge on any atom is 0.126 e. The molecule has 1 fully saturated rings. The van der Waals surface area contributed by atoms with Gasteiger partial charge in [0.2, 0.25) is 0 Å². The van der Waals surface area contributed by atoms with Crippen molar-refractivity contribution in [3.8, 4) is 0 Å². The SMILES string of the molecule is CCCCCc1ccc(CCC2=CCC(C3CCC(CC)CC3)CC2)cc1F. The lowest BCUT2D eigenvalue weighted by atomic mass is 9.71. The van der Waals surface area contributed by atoms with Crippen LogP contribution in [0.5, 0.6) is 0 Å². The molecule has 1 unspecified atom stereocenters. The van der Waals surface area contributed by atoms with Crippen molar-refractivity contribution in [2.75, 3.05) is 0 Å². The minimum atomic E-state index is 0.00831. The predicted octanol–water partition coefficient (Wildman–Crippen LogP) is 8.43. The molecule has 1 atom stereocenters. The van der Waals surface area contributed by atoms with Crippen LogP contribution in [0, 0.1) is 23.6 Å². The number of aryl methyl sites for hydroxylation is 2. The van der Waals surface area contributed by atoms with Crippen LogP contribution in [0.2, 0.25) is 0 Å². The molecular weight excluding hydrogens is 343 g/mol. The first-order chi connectivity index (χ1) is 13.7. The molecule has 0 aliphatic heterocycles. The summed E-state index contributed by atoms with van der Waals surface area (Å²) in [5.74, 6) is 2.93. The second-order valence-corrected chi connectivity index (χ2v) is 9.47. The van der Waals surface area contributed by atoms with Crippen LogP contribution in [0.3, 0.4) is 0 Å². The molecule has 1 saturated carbocycles. The third-order valence-electron chi connectivity index (χ3n) is 7.58. The molecule has 1 aromatic carbocycles. The van der Waals surface area contributed by atoms with Gasteiger partial charge in [-0.2, -0.15) is 0 Å². The highest BCUT2D eigenvalue weighted by molar-refractivity contribution is 5.25. The molecule has 156 valence electrons. The zero-order chi connectivity index (χ0) is 19.8. The molecule has 2 aliphatic rings. The van der Waals surface area contributed by atoms with E-state index >= 15 is 0 Å². The fourth-order valence-corrected chi connectivity index (χ4v) is 5.45. The molecule has 0 amide bonds. The number of allylic oxidation sites excluding steroid dienone is 2. The van der Waals surface area contributed by atoms with Crippen molar-refractivity contribution in [3.63, 3.8) is 0 Å². The lowest BCUT2D eigenvalue weighted by Crippen LogP contribution is -2.23. The molecule has 0 spiro atoms. The van der Waals surface area contributed by atoms with E-state index in [9.17, 15) is 4.39 Å². The highest BCUT2D eigenvalue weighted by Crippen LogP contribution is 2.40. The Labute approximate surface area is 173 Å². The van der Waals surface area contributed by atoms with E-state index in [0.717, 1.165) is 54.6 Å². The van der Waals surface area contributed by atoms with Gasteiger partial charge in [0.1, 0.15) is 5.82 Å². The maximum atomic E-state index is 14.3. The zero-order valence-electron chi connectivity index (χ0n) is 18.3. The average Bonchev–Trinajstić information content (AvgIpc) is 2.74. The van der Waals surface area contributed by atoms with Crippen LogP contribution in [0.1, 0.15) is 102 Å². The van der Waals surface area contributed by atoms with Crippen LogP contribution in [0.15, 0.2) is 29.8 Å². The second-order valence-electron chi connectivity index (χ2n) is 9.47. The second kappa shape index (κ2) is 11.2. The van der Waals surface area contributed by atoms with E-state index in [1.165, 1.54) is 64.2 Å². The Morgan fingerprint density at radius 3 is 2.36 bits per heavy atom. The van der Waals surface area contributed by atoms with Crippen LogP contribution in [0.4, 0.5) is 4.39 Å². The van der Waals surface area contributed by atoms with Crippen LogP contribution in [0.25, 0.3) is 0 Å². The average molecular weight is 385 g/mol. The first-order valence-electron chi connectivity index (χ1n) is 12.1. The Hall–Kier alpha value is -1.11. The Morgan fingerprint density at radius 1 is 0.893 bits per heavy atom. The summed E-state index contributed by atoms with van der Waals surface area (Å²) in [7, 11) is 0. The van der Waals surface area contributed by atoms with Crippen molar-refractivity contribution in [1.29, 1.82) is 0 Å². The summed E-state index contributed by atoms with van der Waals surface area (Å²) >= 11 is 0. The van der Waals surface area contributed by atoms with E-state index in [0.29, 0.717) is 0 Å². The Balaban J connectivity index is 1.43. The fraction of sp³-hybridized carbons (Fsp3) is 0.704. The number of hydrogen-bond acceptors (Lipinski definition) is 0. The largest absolute Gasteiger partial charge is 0.207 e. The molecule has 0 radical (unpaired) electrons. The Bertz CT molecular complexity index is 621. The lowest BCUT2D eigenvalue weighted by molar-refractivity contribution is 0.189. The normalized spacial score (nSPS) is 25.5. The number of halogens is 1. The topological polar surface area (TPSA) is 0 Å². The van der Waals surface area contributed by atoms with E-state index < -0.39 is 0 Å². The summed E-state index contributed by atoms with van der Waals surface area (Å²) in [6.07, 6.45) is 20.2. The van der Waals surface area contributed by atoms with Gasteiger partial charge in [0.15, 0.2) is 0 Å². The van der Waals surface area contributed by atoms with E-state index in [1.807, 2.05) is 6.07 Å². The molecule has 0 aromatic heterocycles. The van der Waals surface area contributed by atoms with Gasteiger partial charge in [0, 0.05) is 0 Å². The van der Waals surface area contributed by atoms with Gasteiger partial charge in [-0.15, -0.1) is 0 Å². The number of rotatable bonds is 9. The summed E-state index contributed by atoms with van der Waals surface area (Å²) in [4.78, 5) is 0. The monoisotopic (exact) mass is 384 g/mol. The van der Waals surface area contributed by atoms with Crippen molar-refractivity contribution in [2.45, 2.75) is 104 Å². The molecule has 0 saturated heterocycles. The van der Waals surface area contributed by atoms with Crippen LogP contribution in [-0.4, -0.2) is 0 Å². The fourth-order valence-electron chi connectivity index (χ4n) is 5.45. The van der Waals surface area contributed by atoms with Gasteiger partial charge in [0.25, 0.3) is 0 Å². The quantitative estimate of drug-likeness (QED) is 0.296. The molecule has 1 aromatic rings. The molecule has 0 bridgehead atoms. The van der Waals surface area contributed by atoms with E-state index in [-0.39, 0.29) is 5.82 Å². The standard InChI is InChI=1S/C27H41F/c1-3-5-6-7-26-19-14-23(20-27(26)28)9-8-22-12-17-25(18-13-22)24-15-10-21(4-2)11-16-24/h12,14,19-21,24-25H,3-11,13,15-18H2,1-2H3. The van der Waals surface area contributed by atoms with Crippen molar-refractivity contribution in [3.05, 3.63) is 46.8 Å². The minimum absolute atomic E-state index is 0.00831. The van der Waals surface area contributed by atoms with Gasteiger partial charge in [-0.3, -0.25) is 0 Å². The molecular formula is C27H41F. The van der Waals surface area contributed by atoms with Crippen molar-refractivity contribution in [1.82, 2.24) is 0 Å². The summed E-state index contributed by atoms with van der Waals surface area (Å²) in [5.41, 5.74) is 3.68. The van der Waals surface area contributed by atoms with Gasteiger partial charge in [-0.1, -0.05) is 69.7 Å². The molecule has 1 heteroatoms. The lowest BCUT2D eigenvalue weighted by Gasteiger charge is -2.35. The Kier molecular flexibility index (Phi) is 8.62. The number of unbranched alkanes of at least 4 members (excludes halogenated alkanes) is 2. The summed E-state index contributed by atoms with van der Waals surface area (Å²) < 4.78 is 14.3.